The summed E-state index contributed by atoms with van der Waals surface area (Å²) in [6.45, 7) is 4.27. The predicted octanol–water partition coefficient (Wildman–Crippen LogP) is 1.75. The van der Waals surface area contributed by atoms with Gasteiger partial charge in [0.05, 0.1) is 41.2 Å². The van der Waals surface area contributed by atoms with E-state index in [1.807, 2.05) is 0 Å². The van der Waals surface area contributed by atoms with Crippen LogP contribution in [0.3, 0.4) is 0 Å². The number of hydrogen-bond acceptors (Lipinski definition) is 7. The Bertz CT molecular complexity index is 1210. The zero-order valence-electron chi connectivity index (χ0n) is 18.7. The summed E-state index contributed by atoms with van der Waals surface area (Å²) in [5, 5.41) is 47.2. The number of aromatic nitrogens is 2. The van der Waals surface area contributed by atoms with Crippen molar-refractivity contribution < 1.29 is 29.6 Å². The van der Waals surface area contributed by atoms with E-state index in [1.54, 1.807) is 6.07 Å². The monoisotopic (exact) mass is 456 g/mol. The zero-order valence-corrected chi connectivity index (χ0v) is 18.7. The Hall–Kier alpha value is -1.71. The average Bonchev–Trinajstić information content (AvgIpc) is 2.89. The van der Waals surface area contributed by atoms with Gasteiger partial charge < -0.3 is 25.2 Å². The fourth-order valence-electron chi connectivity index (χ4n) is 9.01. The molecule has 3 heterocycles. The number of aliphatic hydroxyl groups is 4. The van der Waals surface area contributed by atoms with Gasteiger partial charge in [0.25, 0.3) is 0 Å². The molecule has 1 aromatic carbocycles. The molecule has 0 radical (unpaired) electrons. The maximum atomic E-state index is 14.0. The van der Waals surface area contributed by atoms with Gasteiger partial charge in [-0.25, -0.2) is 14.4 Å². The maximum absolute atomic E-state index is 14.0. The number of hydrogen-bond donors (Lipinski definition) is 4. The lowest BCUT2D eigenvalue weighted by Crippen LogP contribution is -2.86. The first-order chi connectivity index (χ1) is 15.6. The van der Waals surface area contributed by atoms with E-state index in [2.05, 4.69) is 13.8 Å². The minimum Gasteiger partial charge on any atom is -0.392 e. The van der Waals surface area contributed by atoms with Gasteiger partial charge in [-0.15, -0.1) is 0 Å². The van der Waals surface area contributed by atoms with Crippen LogP contribution in [0, 0.1) is 28.5 Å². The summed E-state index contributed by atoms with van der Waals surface area (Å²) < 4.78 is 20.1. The largest absolute Gasteiger partial charge is 0.392 e. The molecule has 6 aliphatic rings. The van der Waals surface area contributed by atoms with Crippen molar-refractivity contribution in [1.29, 1.82) is 0 Å². The summed E-state index contributed by atoms with van der Waals surface area (Å²) in [7, 11) is 0. The van der Waals surface area contributed by atoms with Crippen LogP contribution in [0.1, 0.15) is 56.8 Å². The van der Waals surface area contributed by atoms with Crippen LogP contribution in [0.2, 0.25) is 0 Å². The Morgan fingerprint density at radius 3 is 2.61 bits per heavy atom. The van der Waals surface area contributed by atoms with E-state index in [1.165, 1.54) is 12.1 Å². The smallest absolute Gasteiger partial charge is 0.206 e. The quantitative estimate of drug-likeness (QED) is 0.477. The van der Waals surface area contributed by atoms with E-state index < -0.39 is 46.7 Å². The van der Waals surface area contributed by atoms with Crippen LogP contribution >= 0.6 is 0 Å². The van der Waals surface area contributed by atoms with Gasteiger partial charge in [0.1, 0.15) is 17.3 Å². The van der Waals surface area contributed by atoms with Crippen molar-refractivity contribution >= 4 is 11.0 Å². The van der Waals surface area contributed by atoms with E-state index in [-0.39, 0.29) is 23.9 Å². The standard InChI is InChI=1S/C25H29FN2O5/c1-22(2)8-7-16(29)23-10-33-25(32,21(31)18(22)23)24-15(23)6-4-12(20(24)30)17-19(24)28-14-9-11(26)3-5-13(14)27-17/h3,5,9,12,15-16,18,20-21,29-32H,4,6-8,10H2,1-2H3/t12-,15?,16-,18?,20+,21-,23+,24?,25-/m0/s1. The van der Waals surface area contributed by atoms with Crippen LogP contribution in [0.15, 0.2) is 18.2 Å². The molecule has 2 aliphatic heterocycles. The van der Waals surface area contributed by atoms with E-state index in [9.17, 15) is 24.8 Å². The van der Waals surface area contributed by atoms with Crippen molar-refractivity contribution in [2.45, 2.75) is 75.0 Å². The molecular formula is C25H29FN2O5. The number of fused-ring (bicyclic) bond motifs is 5. The normalized spacial score (nSPS) is 48.9. The second-order valence-electron chi connectivity index (χ2n) is 11.7. The number of nitrogens with zero attached hydrogens (tertiary/aromatic N) is 2. The molecule has 2 spiro atoms. The molecule has 8 heteroatoms. The second kappa shape index (κ2) is 5.91. The Morgan fingerprint density at radius 2 is 1.82 bits per heavy atom. The number of ether oxygens (including phenoxy) is 1. The van der Waals surface area contributed by atoms with Gasteiger partial charge >= 0.3 is 0 Å². The topological polar surface area (TPSA) is 116 Å². The summed E-state index contributed by atoms with van der Waals surface area (Å²) in [5.41, 5.74) is -0.793. The average molecular weight is 457 g/mol. The highest BCUT2D eigenvalue weighted by Gasteiger charge is 2.85. The van der Waals surface area contributed by atoms with Crippen LogP contribution in [-0.4, -0.2) is 61.1 Å². The highest BCUT2D eigenvalue weighted by atomic mass is 19.1. The molecule has 9 atom stereocenters. The third-order valence-electron chi connectivity index (χ3n) is 10.2. The SMILES string of the molecule is CC1(C)CC[C@H](O)[C@]23CO[C@@](O)([C@@H](O)C12)C12c4nc5cc(F)ccc5nc4[C@H](CCC13)[C@H]2O. The zero-order chi connectivity index (χ0) is 23.1. The maximum Gasteiger partial charge on any atom is 0.206 e. The lowest BCUT2D eigenvalue weighted by Gasteiger charge is -2.75. The number of aliphatic hydroxyl groups excluding tert-OH is 3. The third kappa shape index (κ3) is 1.99. The lowest BCUT2D eigenvalue weighted by atomic mass is 9.35. The van der Waals surface area contributed by atoms with E-state index in [0.717, 1.165) is 6.42 Å². The van der Waals surface area contributed by atoms with Crippen LogP contribution in [0.4, 0.5) is 4.39 Å². The number of halogens is 1. The highest BCUT2D eigenvalue weighted by molar-refractivity contribution is 5.75. The van der Waals surface area contributed by atoms with Crippen molar-refractivity contribution in [3.8, 4) is 0 Å². The van der Waals surface area contributed by atoms with Crippen LogP contribution in [0.5, 0.6) is 0 Å². The molecule has 4 bridgehead atoms. The van der Waals surface area contributed by atoms with Crippen molar-refractivity contribution in [1.82, 2.24) is 9.97 Å². The molecule has 0 amide bonds. The van der Waals surface area contributed by atoms with Crippen LogP contribution in [-0.2, 0) is 10.2 Å². The molecule has 33 heavy (non-hydrogen) atoms. The summed E-state index contributed by atoms with van der Waals surface area (Å²) in [5.74, 6) is -3.67. The molecule has 2 aromatic rings. The van der Waals surface area contributed by atoms with Gasteiger partial charge in [-0.3, -0.25) is 0 Å². The molecule has 2 saturated heterocycles. The Labute approximate surface area is 190 Å². The molecule has 3 unspecified atom stereocenters. The predicted molar refractivity (Wildman–Crippen MR) is 114 cm³/mol. The molecule has 4 N–H and O–H groups in total. The first kappa shape index (κ1) is 20.6. The van der Waals surface area contributed by atoms with Gasteiger partial charge in [0.2, 0.25) is 5.79 Å². The summed E-state index contributed by atoms with van der Waals surface area (Å²) >= 11 is 0. The van der Waals surface area contributed by atoms with Crippen molar-refractivity contribution in [2.24, 2.45) is 22.7 Å². The Morgan fingerprint density at radius 1 is 1.03 bits per heavy atom. The number of rotatable bonds is 0. The molecule has 3 saturated carbocycles. The highest BCUT2D eigenvalue weighted by Crippen LogP contribution is 2.76. The first-order valence-corrected chi connectivity index (χ1v) is 12.0. The minimum absolute atomic E-state index is 0.116. The van der Waals surface area contributed by atoms with Crippen molar-refractivity contribution in [2.75, 3.05) is 6.61 Å². The van der Waals surface area contributed by atoms with Gasteiger partial charge in [0.15, 0.2) is 0 Å². The molecule has 5 fully saturated rings. The minimum atomic E-state index is -2.09. The van der Waals surface area contributed by atoms with E-state index >= 15 is 0 Å². The van der Waals surface area contributed by atoms with Gasteiger partial charge in [-0.1, -0.05) is 13.8 Å². The van der Waals surface area contributed by atoms with Crippen LogP contribution < -0.4 is 0 Å². The fraction of sp³-hybridized carbons (Fsp3) is 0.680. The molecule has 4 aliphatic carbocycles. The van der Waals surface area contributed by atoms with Gasteiger partial charge in [-0.05, 0) is 49.1 Å². The van der Waals surface area contributed by atoms with Gasteiger partial charge in [-0.2, -0.15) is 0 Å². The summed E-state index contributed by atoms with van der Waals surface area (Å²) in [6, 6.07) is 4.19. The van der Waals surface area contributed by atoms with E-state index in [0.29, 0.717) is 41.7 Å². The van der Waals surface area contributed by atoms with Crippen molar-refractivity contribution in [3.05, 3.63) is 35.4 Å². The molecule has 176 valence electrons. The second-order valence-corrected chi connectivity index (χ2v) is 11.7. The van der Waals surface area contributed by atoms with E-state index in [4.69, 9.17) is 14.7 Å². The molecule has 1 aromatic heterocycles. The van der Waals surface area contributed by atoms with Crippen LogP contribution in [0.25, 0.3) is 11.0 Å². The Kier molecular flexibility index (Phi) is 3.70. The lowest BCUT2D eigenvalue weighted by molar-refractivity contribution is -0.449. The summed E-state index contributed by atoms with van der Waals surface area (Å²) in [4.78, 5) is 9.55. The van der Waals surface area contributed by atoms with Crippen molar-refractivity contribution in [3.63, 3.8) is 0 Å². The molecule has 8 rings (SSSR count). The summed E-state index contributed by atoms with van der Waals surface area (Å²) in [6.07, 6.45) is -0.581. The first-order valence-electron chi connectivity index (χ1n) is 12.0. The third-order valence-corrected chi connectivity index (χ3v) is 10.2. The molecular weight excluding hydrogens is 427 g/mol. The molecule has 7 nitrogen and oxygen atoms in total. The van der Waals surface area contributed by atoms with Gasteiger partial charge in [0, 0.05) is 23.3 Å². The number of benzene rings is 1. The Balaban J connectivity index is 1.56. The fourth-order valence-corrected chi connectivity index (χ4v) is 9.01.